The SMILES string of the molecule is CCCCCCCCNc1ccc(C(=O)NCC[NH+](C)C)c(Cl)c1.CCCCCCCCNc1ccc(C(=O)NCC[NH+](C)C)cc1Cl.CCCCCCCCNc1ccc(C(=S)NCC[NH+](C)C)c(Cl)c1.CCCCCCCCNc1ccc(C(=S)NCC[NH+](C)C)cc1Cl. The third-order valence-electron chi connectivity index (χ3n) is 15.9. The van der Waals surface area contributed by atoms with Gasteiger partial charge in [0.2, 0.25) is 0 Å². The van der Waals surface area contributed by atoms with E-state index in [0.717, 1.165) is 127 Å². The number of nitrogens with one attached hydrogen (secondary N) is 12. The van der Waals surface area contributed by atoms with E-state index < -0.39 is 0 Å². The Morgan fingerprint density at radius 3 is 1.00 bits per heavy atom. The van der Waals surface area contributed by atoms with Crippen LogP contribution in [0.4, 0.5) is 22.7 Å². The summed E-state index contributed by atoms with van der Waals surface area (Å²) in [5.74, 6) is -0.177. The Hall–Kier alpha value is -4.20. The molecule has 0 fully saturated rings. The van der Waals surface area contributed by atoms with Crippen LogP contribution in [0.1, 0.15) is 214 Å². The molecule has 2 amide bonds. The lowest BCUT2D eigenvalue weighted by atomic mass is 10.1. The lowest BCUT2D eigenvalue weighted by molar-refractivity contribution is -0.856. The largest absolute Gasteiger partial charge is 0.385 e. The molecule has 544 valence electrons. The van der Waals surface area contributed by atoms with Gasteiger partial charge in [0.25, 0.3) is 11.8 Å². The third-order valence-corrected chi connectivity index (χ3v) is 17.9. The molecule has 0 aliphatic heterocycles. The van der Waals surface area contributed by atoms with Gasteiger partial charge in [-0.05, 0) is 98.5 Å². The highest BCUT2D eigenvalue weighted by molar-refractivity contribution is 7.81. The van der Waals surface area contributed by atoms with Gasteiger partial charge in [-0.3, -0.25) is 9.59 Å². The monoisotopic (exact) mass is 1450 g/mol. The predicted molar refractivity (Wildman–Crippen MR) is 428 cm³/mol. The molecule has 0 unspecified atom stereocenters. The summed E-state index contributed by atoms with van der Waals surface area (Å²) in [6.07, 6.45) is 31.0. The van der Waals surface area contributed by atoms with Gasteiger partial charge in [0, 0.05) is 54.2 Å². The Balaban J connectivity index is 0.000000640. The van der Waals surface area contributed by atoms with Crippen LogP contribution in [-0.4, -0.2) is 157 Å². The van der Waals surface area contributed by atoms with E-state index >= 15 is 0 Å². The number of hydrogen-bond donors (Lipinski definition) is 12. The first-order valence-electron chi connectivity index (χ1n) is 36.6. The van der Waals surface area contributed by atoms with Gasteiger partial charge >= 0.3 is 0 Å². The molecule has 12 N–H and O–H groups in total. The number of likely N-dealkylation sites (N-methyl/N-ethyl adjacent to an activating group) is 4. The fourth-order valence-corrected chi connectivity index (χ4v) is 11.5. The van der Waals surface area contributed by atoms with Crippen LogP contribution in [0.5, 0.6) is 0 Å². The molecule has 20 heteroatoms. The molecule has 14 nitrogen and oxygen atoms in total. The van der Waals surface area contributed by atoms with Crippen LogP contribution in [0.3, 0.4) is 0 Å². The van der Waals surface area contributed by atoms with Crippen molar-refractivity contribution in [2.24, 2.45) is 0 Å². The topological polar surface area (TPSA) is 148 Å². The number of unbranched alkanes of at least 4 members (excludes halogenated alkanes) is 20. The lowest BCUT2D eigenvalue weighted by Gasteiger charge is -2.13. The van der Waals surface area contributed by atoms with E-state index in [-0.39, 0.29) is 11.8 Å². The molecular formula is C76H132Cl4N12O2S2+4. The number of rotatable bonds is 48. The van der Waals surface area contributed by atoms with Crippen molar-refractivity contribution >= 4 is 115 Å². The Kier molecular flexibility index (Phi) is 54.8. The molecule has 96 heavy (non-hydrogen) atoms. The third kappa shape index (κ3) is 46.2. The fourth-order valence-electron chi connectivity index (χ4n) is 9.85. The summed E-state index contributed by atoms with van der Waals surface area (Å²) < 4.78 is 0. The summed E-state index contributed by atoms with van der Waals surface area (Å²) in [7, 11) is 16.8. The first kappa shape index (κ1) is 89.8. The second kappa shape index (κ2) is 58.6. The van der Waals surface area contributed by atoms with Crippen LogP contribution in [0.15, 0.2) is 72.8 Å². The van der Waals surface area contributed by atoms with Gasteiger partial charge in [-0.15, -0.1) is 0 Å². The van der Waals surface area contributed by atoms with Crippen molar-refractivity contribution in [3.8, 4) is 0 Å². The van der Waals surface area contributed by atoms with Gasteiger partial charge in [0.15, 0.2) is 0 Å². The number of carbonyl (C=O) groups excluding carboxylic acids is 2. The van der Waals surface area contributed by atoms with Gasteiger partial charge < -0.3 is 62.1 Å². The van der Waals surface area contributed by atoms with E-state index in [1.807, 2.05) is 54.6 Å². The molecule has 0 aliphatic rings. The number of carbonyl (C=O) groups is 2. The zero-order chi connectivity index (χ0) is 71.1. The number of hydrogen-bond acceptors (Lipinski definition) is 8. The molecular weight excluding hydrogens is 1320 g/mol. The van der Waals surface area contributed by atoms with Crippen molar-refractivity contribution in [2.75, 3.05) is 156 Å². The van der Waals surface area contributed by atoms with Gasteiger partial charge in [0.05, 0.1) is 146 Å². The maximum atomic E-state index is 12.1. The molecule has 0 aliphatic carbocycles. The Labute approximate surface area is 614 Å². The summed E-state index contributed by atoms with van der Waals surface area (Å²) in [5.41, 5.74) is 6.98. The normalized spacial score (nSPS) is 10.9. The maximum absolute atomic E-state index is 12.1. The molecule has 4 aromatic carbocycles. The highest BCUT2D eigenvalue weighted by Gasteiger charge is 2.14. The first-order chi connectivity index (χ1) is 46.2. The van der Waals surface area contributed by atoms with Crippen LogP contribution in [0.2, 0.25) is 20.1 Å². The summed E-state index contributed by atoms with van der Waals surface area (Å²) >= 11 is 36.2. The maximum Gasteiger partial charge on any atom is 0.253 e. The summed E-state index contributed by atoms with van der Waals surface area (Å²) in [4.78, 5) is 31.1. The second-order valence-electron chi connectivity index (χ2n) is 26.4. The van der Waals surface area contributed by atoms with Gasteiger partial charge in [-0.1, -0.05) is 227 Å². The summed E-state index contributed by atoms with van der Waals surface area (Å²) in [6.45, 7) is 19.7. The minimum Gasteiger partial charge on any atom is -0.385 e. The number of anilines is 4. The number of amides is 2. The van der Waals surface area contributed by atoms with E-state index in [9.17, 15) is 9.59 Å². The molecule has 0 heterocycles. The smallest absolute Gasteiger partial charge is 0.253 e. The number of halogens is 4. The van der Waals surface area contributed by atoms with Gasteiger partial charge in [-0.2, -0.15) is 0 Å². The summed E-state index contributed by atoms with van der Waals surface area (Å²) in [5, 5.41) is 28.5. The van der Waals surface area contributed by atoms with Crippen molar-refractivity contribution in [2.45, 2.75) is 182 Å². The fraction of sp³-hybridized carbons (Fsp3) is 0.632. The molecule has 0 spiro atoms. The quantitative estimate of drug-likeness (QED) is 0.0152. The van der Waals surface area contributed by atoms with Gasteiger partial charge in [-0.25, -0.2) is 0 Å². The zero-order valence-electron chi connectivity index (χ0n) is 61.5. The molecule has 0 atom stereocenters. The molecule has 0 saturated heterocycles. The molecule has 0 bridgehead atoms. The minimum absolute atomic E-state index is 0.0689. The van der Waals surface area contributed by atoms with Gasteiger partial charge in [0.1, 0.15) is 9.98 Å². The summed E-state index contributed by atoms with van der Waals surface area (Å²) in [6, 6.07) is 23.1. The van der Waals surface area contributed by atoms with E-state index in [0.29, 0.717) is 39.3 Å². The second-order valence-corrected chi connectivity index (χ2v) is 28.9. The first-order valence-corrected chi connectivity index (χ1v) is 38.9. The van der Waals surface area contributed by atoms with Crippen molar-refractivity contribution in [1.29, 1.82) is 0 Å². The Bertz CT molecular complexity index is 2510. The van der Waals surface area contributed by atoms with Crippen LogP contribution < -0.4 is 62.1 Å². The Morgan fingerprint density at radius 1 is 0.323 bits per heavy atom. The molecule has 0 aromatic heterocycles. The average Bonchev–Trinajstić information content (AvgIpc) is 0.923. The van der Waals surface area contributed by atoms with Crippen molar-refractivity contribution in [1.82, 2.24) is 21.3 Å². The predicted octanol–water partition coefficient (Wildman–Crippen LogP) is 13.0. The zero-order valence-corrected chi connectivity index (χ0v) is 66.2. The van der Waals surface area contributed by atoms with Crippen LogP contribution in [0.25, 0.3) is 0 Å². The number of quaternary nitrogens is 4. The molecule has 0 saturated carbocycles. The Morgan fingerprint density at radius 2 is 0.635 bits per heavy atom. The van der Waals surface area contributed by atoms with E-state index in [1.165, 1.54) is 161 Å². The number of thiocarbonyl (C=S) groups is 2. The lowest BCUT2D eigenvalue weighted by Crippen LogP contribution is -3.06. The van der Waals surface area contributed by atoms with Crippen LogP contribution in [0, 0.1) is 0 Å². The molecule has 4 rings (SSSR count). The van der Waals surface area contributed by atoms with Crippen LogP contribution in [-0.2, 0) is 0 Å². The minimum atomic E-state index is -0.108. The van der Waals surface area contributed by atoms with Crippen molar-refractivity contribution in [3.05, 3.63) is 115 Å². The van der Waals surface area contributed by atoms with Crippen molar-refractivity contribution in [3.63, 3.8) is 0 Å². The van der Waals surface area contributed by atoms with E-state index in [2.05, 4.69) is 133 Å². The standard InChI is InChI=1S/2C19H32ClN3O.2C19H32ClN3S/c1-4-5-6-7-8-9-12-21-18-11-10-16(15-17(18)20)19(24)22-13-14-23(2)3;1-4-5-6-7-8-9-12-21-16-10-11-17(18(20)15-16)19(24)22-13-14-23(2)3;1-4-5-6-7-8-9-12-21-18-11-10-16(15-17(18)20)19(24)22-13-14-23(2)3;1-4-5-6-7-8-9-12-21-16-10-11-17(18(20)15-16)19(24)22-13-14-23(2)3/h4*10-11,15,21H,4-9,12-14H2,1-3H3,(H,22,24)/p+4. The van der Waals surface area contributed by atoms with E-state index in [4.69, 9.17) is 70.8 Å². The number of benzene rings is 4. The average molecular weight is 1450 g/mol. The highest BCUT2D eigenvalue weighted by atomic mass is 35.5. The molecule has 0 radical (unpaired) electrons. The van der Waals surface area contributed by atoms with Crippen LogP contribution >= 0.6 is 70.8 Å². The highest BCUT2D eigenvalue weighted by Crippen LogP contribution is 2.26. The van der Waals surface area contributed by atoms with Crippen molar-refractivity contribution < 1.29 is 29.2 Å². The van der Waals surface area contributed by atoms with E-state index in [1.54, 1.807) is 12.1 Å². The molecule has 4 aromatic rings.